The number of nitrogens with one attached hydrogen (secondary N) is 1. The number of anilines is 1. The highest BCUT2D eigenvalue weighted by atomic mass is 35.5. The minimum Gasteiger partial charge on any atom is -0.376 e. The maximum Gasteiger partial charge on any atom is 0.0822 e. The number of hydrogen-bond acceptors (Lipinski definition) is 3. The Bertz CT molecular complexity index is 346. The average Bonchev–Trinajstić information content (AvgIpc) is 2.71. The molecule has 1 N–H and O–H groups in total. The maximum absolute atomic E-state index is 6.07. The van der Waals surface area contributed by atoms with Crippen molar-refractivity contribution in [2.24, 2.45) is 0 Å². The summed E-state index contributed by atoms with van der Waals surface area (Å²) in [5, 5.41) is 4.14. The Hall–Kier alpha value is -0.800. The summed E-state index contributed by atoms with van der Waals surface area (Å²) in [6.45, 7) is 1.09. The molecule has 1 fully saturated rings. The molecular formula is C11H16ClN3. The van der Waals surface area contributed by atoms with Crippen molar-refractivity contribution in [3.8, 4) is 0 Å². The molecule has 82 valence electrons. The van der Waals surface area contributed by atoms with Crippen molar-refractivity contribution < 1.29 is 0 Å². The molecule has 0 radical (unpaired) electrons. The van der Waals surface area contributed by atoms with Crippen molar-refractivity contribution in [1.29, 1.82) is 0 Å². The summed E-state index contributed by atoms with van der Waals surface area (Å²) >= 11 is 6.07. The van der Waals surface area contributed by atoms with E-state index in [1.54, 1.807) is 6.20 Å². The lowest BCUT2D eigenvalue weighted by Gasteiger charge is -2.17. The molecular weight excluding hydrogens is 210 g/mol. The Morgan fingerprint density at radius 3 is 2.93 bits per heavy atom. The van der Waals surface area contributed by atoms with Crippen LogP contribution < -0.4 is 10.2 Å². The third kappa shape index (κ3) is 2.24. The molecule has 0 bridgehead atoms. The smallest absolute Gasteiger partial charge is 0.0822 e. The zero-order valence-electron chi connectivity index (χ0n) is 9.13. The predicted octanol–water partition coefficient (Wildman–Crippen LogP) is 2.23. The molecule has 0 aromatic carbocycles. The Morgan fingerprint density at radius 2 is 2.33 bits per heavy atom. The summed E-state index contributed by atoms with van der Waals surface area (Å²) < 4.78 is 0. The van der Waals surface area contributed by atoms with Gasteiger partial charge in [-0.05, 0) is 25.5 Å². The molecule has 1 aliphatic rings. The third-order valence-electron chi connectivity index (χ3n) is 2.76. The van der Waals surface area contributed by atoms with E-state index in [0.717, 1.165) is 17.9 Å². The fraction of sp³-hybridized carbons (Fsp3) is 0.545. The highest BCUT2D eigenvalue weighted by Gasteiger charge is 2.18. The maximum atomic E-state index is 6.07. The Labute approximate surface area is 95.4 Å². The monoisotopic (exact) mass is 225 g/mol. The number of nitrogens with zero attached hydrogens (tertiary/aromatic N) is 2. The van der Waals surface area contributed by atoms with Crippen LogP contribution in [0.3, 0.4) is 0 Å². The fourth-order valence-corrected chi connectivity index (χ4v) is 2.19. The van der Waals surface area contributed by atoms with Crippen molar-refractivity contribution in [2.75, 3.05) is 25.5 Å². The first-order chi connectivity index (χ1) is 7.18. The van der Waals surface area contributed by atoms with E-state index in [0.29, 0.717) is 11.1 Å². The first kappa shape index (κ1) is 10.7. The zero-order chi connectivity index (χ0) is 10.8. The molecule has 1 aromatic heterocycles. The van der Waals surface area contributed by atoms with Gasteiger partial charge in [0, 0.05) is 26.3 Å². The summed E-state index contributed by atoms with van der Waals surface area (Å²) in [4.78, 5) is 6.40. The number of aromatic nitrogens is 1. The molecule has 0 saturated carbocycles. The molecule has 2 rings (SSSR count). The summed E-state index contributed by atoms with van der Waals surface area (Å²) in [6, 6.07) is 2.48. The van der Waals surface area contributed by atoms with Gasteiger partial charge in [-0.25, -0.2) is 0 Å². The van der Waals surface area contributed by atoms with Crippen LogP contribution in [0.25, 0.3) is 0 Å². The van der Waals surface area contributed by atoms with Gasteiger partial charge < -0.3 is 10.2 Å². The molecule has 15 heavy (non-hydrogen) atoms. The van der Waals surface area contributed by atoms with Crippen LogP contribution in [0.4, 0.5) is 5.69 Å². The lowest BCUT2D eigenvalue weighted by Crippen LogP contribution is -2.16. The average molecular weight is 226 g/mol. The van der Waals surface area contributed by atoms with Gasteiger partial charge in [-0.15, -0.1) is 0 Å². The molecule has 1 atom stereocenters. The van der Waals surface area contributed by atoms with Gasteiger partial charge in [-0.1, -0.05) is 11.6 Å². The van der Waals surface area contributed by atoms with Crippen LogP contribution in [-0.4, -0.2) is 25.6 Å². The van der Waals surface area contributed by atoms with Crippen molar-refractivity contribution in [2.45, 2.75) is 18.9 Å². The SMILES string of the molecule is CN(C)c1cc(C2CCCN2)ncc1Cl. The molecule has 4 heteroatoms. The first-order valence-corrected chi connectivity index (χ1v) is 5.62. The largest absolute Gasteiger partial charge is 0.376 e. The topological polar surface area (TPSA) is 28.2 Å². The molecule has 1 saturated heterocycles. The van der Waals surface area contributed by atoms with Crippen LogP contribution >= 0.6 is 11.6 Å². The van der Waals surface area contributed by atoms with E-state index in [4.69, 9.17) is 11.6 Å². The zero-order valence-corrected chi connectivity index (χ0v) is 9.88. The molecule has 0 spiro atoms. The van der Waals surface area contributed by atoms with Crippen molar-refractivity contribution >= 4 is 17.3 Å². The van der Waals surface area contributed by atoms with Crippen LogP contribution in [0.5, 0.6) is 0 Å². The first-order valence-electron chi connectivity index (χ1n) is 5.24. The van der Waals surface area contributed by atoms with Gasteiger partial charge in [-0.2, -0.15) is 0 Å². The molecule has 1 unspecified atom stereocenters. The summed E-state index contributed by atoms with van der Waals surface area (Å²) in [5.41, 5.74) is 2.14. The summed E-state index contributed by atoms with van der Waals surface area (Å²) in [5.74, 6) is 0. The number of rotatable bonds is 2. The lowest BCUT2D eigenvalue weighted by molar-refractivity contribution is 0.628. The van der Waals surface area contributed by atoms with Crippen LogP contribution in [-0.2, 0) is 0 Å². The van der Waals surface area contributed by atoms with Crippen LogP contribution in [0.15, 0.2) is 12.3 Å². The van der Waals surface area contributed by atoms with Gasteiger partial charge in [0.1, 0.15) is 0 Å². The second-order valence-electron chi connectivity index (χ2n) is 4.10. The van der Waals surface area contributed by atoms with Gasteiger partial charge in [-0.3, -0.25) is 4.98 Å². The van der Waals surface area contributed by atoms with Gasteiger partial charge in [0.05, 0.1) is 16.4 Å². The molecule has 1 aliphatic heterocycles. The third-order valence-corrected chi connectivity index (χ3v) is 3.05. The molecule has 0 aliphatic carbocycles. The van der Waals surface area contributed by atoms with Gasteiger partial charge in [0.2, 0.25) is 0 Å². The lowest BCUT2D eigenvalue weighted by atomic mass is 10.1. The van der Waals surface area contributed by atoms with Gasteiger partial charge in [0.15, 0.2) is 0 Å². The van der Waals surface area contributed by atoms with Crippen LogP contribution in [0, 0.1) is 0 Å². The minimum atomic E-state index is 0.404. The van der Waals surface area contributed by atoms with Crippen LogP contribution in [0.2, 0.25) is 5.02 Å². The number of pyridine rings is 1. The van der Waals surface area contributed by atoms with E-state index in [9.17, 15) is 0 Å². The van der Waals surface area contributed by atoms with E-state index >= 15 is 0 Å². The highest BCUT2D eigenvalue weighted by molar-refractivity contribution is 6.33. The van der Waals surface area contributed by atoms with Crippen molar-refractivity contribution in [1.82, 2.24) is 10.3 Å². The highest BCUT2D eigenvalue weighted by Crippen LogP contribution is 2.28. The fourth-order valence-electron chi connectivity index (χ4n) is 1.91. The molecule has 1 aromatic rings. The quantitative estimate of drug-likeness (QED) is 0.837. The Balaban J connectivity index is 2.29. The van der Waals surface area contributed by atoms with Crippen LogP contribution in [0.1, 0.15) is 24.6 Å². The van der Waals surface area contributed by atoms with Gasteiger partial charge >= 0.3 is 0 Å². The van der Waals surface area contributed by atoms with Crippen molar-refractivity contribution in [3.63, 3.8) is 0 Å². The standard InChI is InChI=1S/C11H16ClN3/c1-15(2)11-6-10(14-7-8(11)12)9-4-3-5-13-9/h6-7,9,13H,3-5H2,1-2H3. The van der Waals surface area contributed by atoms with E-state index in [-0.39, 0.29) is 0 Å². The number of halogens is 1. The van der Waals surface area contributed by atoms with Crippen molar-refractivity contribution in [3.05, 3.63) is 23.0 Å². The second kappa shape index (κ2) is 4.37. The minimum absolute atomic E-state index is 0.404. The summed E-state index contributed by atoms with van der Waals surface area (Å²) in [6.07, 6.45) is 4.14. The van der Waals surface area contributed by atoms with Gasteiger partial charge in [0.25, 0.3) is 0 Å². The normalized spacial score (nSPS) is 20.6. The van der Waals surface area contributed by atoms with E-state index in [2.05, 4.69) is 16.4 Å². The molecule has 3 nitrogen and oxygen atoms in total. The Kier molecular flexibility index (Phi) is 3.12. The molecule has 0 amide bonds. The summed E-state index contributed by atoms with van der Waals surface area (Å²) in [7, 11) is 3.99. The Morgan fingerprint density at radius 1 is 1.53 bits per heavy atom. The number of hydrogen-bond donors (Lipinski definition) is 1. The second-order valence-corrected chi connectivity index (χ2v) is 4.51. The van der Waals surface area contributed by atoms with E-state index in [1.165, 1.54) is 12.8 Å². The van der Waals surface area contributed by atoms with E-state index < -0.39 is 0 Å². The molecule has 2 heterocycles. The van der Waals surface area contributed by atoms with E-state index in [1.807, 2.05) is 19.0 Å². The predicted molar refractivity (Wildman–Crippen MR) is 63.6 cm³/mol.